The van der Waals surface area contributed by atoms with Gasteiger partial charge >= 0.3 is 5.97 Å². The molecule has 2 heterocycles. The summed E-state index contributed by atoms with van der Waals surface area (Å²) in [5.74, 6) is 5.71. The lowest BCUT2D eigenvalue weighted by Gasteiger charge is -2.10. The number of anilines is 2. The molecule has 0 aliphatic rings. The van der Waals surface area contributed by atoms with Crippen molar-refractivity contribution in [1.29, 1.82) is 0 Å². The number of fused-ring (bicyclic) bond motifs is 1. The highest BCUT2D eigenvalue weighted by Gasteiger charge is 2.12. The number of benzene rings is 2. The number of unbranched alkanes of at least 4 members (excludes halogenated alkanes) is 3. The largest absolute Gasteiger partial charge is 0.494 e. The Morgan fingerprint density at radius 1 is 0.970 bits per heavy atom. The Bertz CT molecular complexity index is 1180. The predicted octanol–water partition coefficient (Wildman–Crippen LogP) is 4.51. The molecule has 0 unspecified atom stereocenters. The minimum atomic E-state index is -0.370. The first-order chi connectivity index (χ1) is 16.2. The predicted molar refractivity (Wildman–Crippen MR) is 126 cm³/mol. The lowest BCUT2D eigenvalue weighted by atomic mass is 10.1. The van der Waals surface area contributed by atoms with Crippen molar-refractivity contribution in [2.75, 3.05) is 11.9 Å². The fraction of sp³-hybridized carbons (Fsp3) is 0.250. The third kappa shape index (κ3) is 6.05. The first kappa shape index (κ1) is 22.2. The Labute approximate surface area is 191 Å². The number of aromatic nitrogens is 4. The van der Waals surface area contributed by atoms with Crippen LogP contribution in [0.25, 0.3) is 22.4 Å². The Morgan fingerprint density at radius 2 is 1.76 bits per heavy atom. The van der Waals surface area contributed by atoms with Crippen LogP contribution in [0, 0.1) is 0 Å². The molecule has 4 N–H and O–H groups in total. The van der Waals surface area contributed by atoms with E-state index in [-0.39, 0.29) is 5.97 Å². The van der Waals surface area contributed by atoms with E-state index in [1.807, 2.05) is 54.6 Å². The zero-order valence-electron chi connectivity index (χ0n) is 18.2. The van der Waals surface area contributed by atoms with Crippen LogP contribution in [0.4, 0.5) is 11.6 Å². The fourth-order valence-electron chi connectivity index (χ4n) is 3.43. The zero-order chi connectivity index (χ0) is 22.9. The van der Waals surface area contributed by atoms with E-state index >= 15 is 0 Å². The second kappa shape index (κ2) is 11.1. The summed E-state index contributed by atoms with van der Waals surface area (Å²) in [6, 6.07) is 17.6. The summed E-state index contributed by atoms with van der Waals surface area (Å²) in [6.45, 7) is 0.619. The number of hydrogen-bond donors (Lipinski definition) is 3. The summed E-state index contributed by atoms with van der Waals surface area (Å²) in [5, 5.41) is 3.25. The molecule has 2 aromatic carbocycles. The number of nitrogens with two attached hydrogens (primary N) is 1. The van der Waals surface area contributed by atoms with Gasteiger partial charge in [0.2, 0.25) is 5.95 Å². The Morgan fingerprint density at radius 3 is 2.55 bits per heavy atom. The molecule has 9 nitrogen and oxygen atoms in total. The normalized spacial score (nSPS) is 10.8. The third-order valence-corrected chi connectivity index (χ3v) is 5.12. The average Bonchev–Trinajstić information content (AvgIpc) is 3.33. The molecular formula is C24H26N6O3. The number of imidazole rings is 1. The number of nitrogens with zero attached hydrogens (tertiary/aromatic N) is 3. The van der Waals surface area contributed by atoms with E-state index in [9.17, 15) is 4.79 Å². The minimum Gasteiger partial charge on any atom is -0.494 e. The standard InChI is InChI=1S/C24H26N6O3/c25-33-20(31)10-6-1-2-7-15-32-19-13-11-18(12-14-19)28-24-29-21(17-8-4-3-5-9-17)22-23(30-24)27-16-26-22/h3-5,8-9,11-14,16H,1-2,6-7,10,15,25H2,(H2,26,27,28,29,30). The van der Waals surface area contributed by atoms with Crippen molar-refractivity contribution in [1.82, 2.24) is 19.9 Å². The topological polar surface area (TPSA) is 128 Å². The van der Waals surface area contributed by atoms with Gasteiger partial charge in [-0.25, -0.2) is 9.97 Å². The number of carbonyl (C=O) groups excluding carboxylic acids is 1. The maximum atomic E-state index is 11.0. The van der Waals surface area contributed by atoms with Gasteiger partial charge < -0.3 is 19.9 Å². The van der Waals surface area contributed by atoms with Crippen LogP contribution >= 0.6 is 0 Å². The quantitative estimate of drug-likeness (QED) is 0.227. The maximum absolute atomic E-state index is 11.0. The van der Waals surface area contributed by atoms with Gasteiger partial charge in [-0.15, -0.1) is 0 Å². The van der Waals surface area contributed by atoms with Gasteiger partial charge in [0.15, 0.2) is 5.65 Å². The first-order valence-corrected chi connectivity index (χ1v) is 10.9. The fourth-order valence-corrected chi connectivity index (χ4v) is 3.43. The number of nitrogens with one attached hydrogen (secondary N) is 2. The van der Waals surface area contributed by atoms with Crippen molar-refractivity contribution >= 4 is 28.8 Å². The van der Waals surface area contributed by atoms with Crippen LogP contribution in [0.15, 0.2) is 60.9 Å². The van der Waals surface area contributed by atoms with Crippen molar-refractivity contribution in [3.8, 4) is 17.0 Å². The molecule has 0 amide bonds. The van der Waals surface area contributed by atoms with Crippen molar-refractivity contribution in [2.24, 2.45) is 5.90 Å². The van der Waals surface area contributed by atoms with Crippen molar-refractivity contribution in [3.05, 3.63) is 60.9 Å². The Hall–Kier alpha value is -3.98. The molecule has 0 spiro atoms. The van der Waals surface area contributed by atoms with E-state index in [1.54, 1.807) is 6.33 Å². The molecule has 9 heteroatoms. The number of rotatable bonds is 11. The second-order valence-electron chi connectivity index (χ2n) is 7.51. The van der Waals surface area contributed by atoms with E-state index in [4.69, 9.17) is 15.6 Å². The molecule has 0 aliphatic heterocycles. The van der Waals surface area contributed by atoms with Crippen LogP contribution in [-0.4, -0.2) is 32.5 Å². The molecule has 170 valence electrons. The first-order valence-electron chi connectivity index (χ1n) is 10.9. The van der Waals surface area contributed by atoms with Gasteiger partial charge in [0.25, 0.3) is 0 Å². The minimum absolute atomic E-state index is 0.357. The highest BCUT2D eigenvalue weighted by Crippen LogP contribution is 2.26. The van der Waals surface area contributed by atoms with Gasteiger partial charge in [0.1, 0.15) is 17.0 Å². The SMILES string of the molecule is NOC(=O)CCCCCCOc1ccc(Nc2nc(-c3ccccc3)c3[nH]cnc3n2)cc1. The summed E-state index contributed by atoms with van der Waals surface area (Å²) in [7, 11) is 0. The monoisotopic (exact) mass is 446 g/mol. The van der Waals surface area contributed by atoms with Gasteiger partial charge in [-0.05, 0) is 37.1 Å². The highest BCUT2D eigenvalue weighted by molar-refractivity contribution is 5.88. The molecule has 4 aromatic rings. The zero-order valence-corrected chi connectivity index (χ0v) is 18.2. The molecule has 0 fully saturated rings. The van der Waals surface area contributed by atoms with Crippen LogP contribution in [0.5, 0.6) is 5.75 Å². The molecule has 0 radical (unpaired) electrons. The average molecular weight is 447 g/mol. The number of carbonyl (C=O) groups is 1. The van der Waals surface area contributed by atoms with Gasteiger partial charge in [-0.2, -0.15) is 10.9 Å². The Balaban J connectivity index is 1.32. The number of ether oxygens (including phenoxy) is 1. The molecule has 0 aliphatic carbocycles. The van der Waals surface area contributed by atoms with Crippen LogP contribution < -0.4 is 16.0 Å². The van der Waals surface area contributed by atoms with E-state index in [1.165, 1.54) is 0 Å². The van der Waals surface area contributed by atoms with Crippen LogP contribution in [0.1, 0.15) is 32.1 Å². The highest BCUT2D eigenvalue weighted by atomic mass is 16.7. The van der Waals surface area contributed by atoms with Crippen molar-refractivity contribution < 1.29 is 14.4 Å². The van der Waals surface area contributed by atoms with Crippen LogP contribution in [0.3, 0.4) is 0 Å². The number of aromatic amines is 1. The van der Waals surface area contributed by atoms with Crippen LogP contribution in [-0.2, 0) is 9.63 Å². The van der Waals surface area contributed by atoms with Crippen molar-refractivity contribution in [2.45, 2.75) is 32.1 Å². The van der Waals surface area contributed by atoms with Gasteiger partial charge in [0, 0.05) is 17.7 Å². The summed E-state index contributed by atoms with van der Waals surface area (Å²) < 4.78 is 5.80. The lowest BCUT2D eigenvalue weighted by Crippen LogP contribution is -2.09. The van der Waals surface area contributed by atoms with Crippen LogP contribution in [0.2, 0.25) is 0 Å². The molecule has 33 heavy (non-hydrogen) atoms. The van der Waals surface area contributed by atoms with Crippen molar-refractivity contribution in [3.63, 3.8) is 0 Å². The van der Waals surface area contributed by atoms with E-state index in [2.05, 4.69) is 25.1 Å². The maximum Gasteiger partial charge on any atom is 0.324 e. The molecule has 4 rings (SSSR count). The number of hydrogen-bond acceptors (Lipinski definition) is 8. The smallest absolute Gasteiger partial charge is 0.324 e. The Kier molecular flexibility index (Phi) is 7.44. The van der Waals surface area contributed by atoms with E-state index in [0.29, 0.717) is 24.6 Å². The van der Waals surface area contributed by atoms with E-state index < -0.39 is 0 Å². The molecule has 0 saturated heterocycles. The molecule has 0 atom stereocenters. The lowest BCUT2D eigenvalue weighted by molar-refractivity contribution is -0.144. The van der Waals surface area contributed by atoms with Gasteiger partial charge in [-0.1, -0.05) is 43.2 Å². The second-order valence-corrected chi connectivity index (χ2v) is 7.51. The number of H-pyrrole nitrogens is 1. The summed E-state index contributed by atoms with van der Waals surface area (Å²) in [6.07, 6.45) is 5.58. The molecule has 2 aromatic heterocycles. The van der Waals surface area contributed by atoms with Gasteiger partial charge in [-0.3, -0.25) is 4.79 Å². The third-order valence-electron chi connectivity index (χ3n) is 5.12. The summed E-state index contributed by atoms with van der Waals surface area (Å²) in [4.78, 5) is 31.7. The molecule has 0 bridgehead atoms. The molecular weight excluding hydrogens is 420 g/mol. The summed E-state index contributed by atoms with van der Waals surface area (Å²) in [5.41, 5.74) is 4.03. The summed E-state index contributed by atoms with van der Waals surface area (Å²) >= 11 is 0. The van der Waals surface area contributed by atoms with E-state index in [0.717, 1.165) is 53.9 Å². The van der Waals surface area contributed by atoms with Gasteiger partial charge in [0.05, 0.1) is 12.9 Å². The molecule has 0 saturated carbocycles.